The minimum absolute atomic E-state index is 0.233. The number of nitrogens with one attached hydrogen (secondary N) is 1. The molecule has 1 amide bonds. The molecule has 0 radical (unpaired) electrons. The van der Waals surface area contributed by atoms with E-state index in [1.54, 1.807) is 4.90 Å². The molecule has 0 unspecified atom stereocenters. The van der Waals surface area contributed by atoms with Crippen molar-refractivity contribution < 1.29 is 19.0 Å². The van der Waals surface area contributed by atoms with Crippen LogP contribution >= 0.6 is 0 Å². The van der Waals surface area contributed by atoms with Crippen LogP contribution in [-0.2, 0) is 22.4 Å². The molecule has 11 heteroatoms. The smallest absolute Gasteiger partial charge is 0.410 e. The van der Waals surface area contributed by atoms with Crippen molar-refractivity contribution in [2.24, 2.45) is 0 Å². The molecule has 4 aliphatic heterocycles. The second-order valence-electron chi connectivity index (χ2n) is 11.4. The molecule has 4 aliphatic rings. The number of fused-ring (bicyclic) bond motifs is 3. The van der Waals surface area contributed by atoms with E-state index >= 15 is 0 Å². The molecule has 5 rings (SSSR count). The Labute approximate surface area is 219 Å². The SMILES string of the molecule is CC(C)(C)OC(=O)N1CCN(c2nc(OCCCN3C[C@@H]4C[C@H]3CO4)nc3c2CCNC3)C[C@@H]1CC#N. The first-order valence-electron chi connectivity index (χ1n) is 13.5. The molecule has 37 heavy (non-hydrogen) atoms. The van der Waals surface area contributed by atoms with Gasteiger partial charge in [-0.1, -0.05) is 0 Å². The van der Waals surface area contributed by atoms with E-state index in [4.69, 9.17) is 24.2 Å². The number of rotatable bonds is 7. The second kappa shape index (κ2) is 11.0. The van der Waals surface area contributed by atoms with E-state index in [-0.39, 0.29) is 18.6 Å². The van der Waals surface area contributed by atoms with Crippen molar-refractivity contribution in [3.8, 4) is 12.1 Å². The van der Waals surface area contributed by atoms with Crippen molar-refractivity contribution in [3.05, 3.63) is 11.3 Å². The Balaban J connectivity index is 1.26. The van der Waals surface area contributed by atoms with Gasteiger partial charge in [0.05, 0.1) is 43.5 Å². The number of morpholine rings is 1. The highest BCUT2D eigenvalue weighted by molar-refractivity contribution is 5.69. The molecule has 202 valence electrons. The van der Waals surface area contributed by atoms with Gasteiger partial charge < -0.3 is 29.3 Å². The van der Waals surface area contributed by atoms with Gasteiger partial charge in [-0.3, -0.25) is 4.90 Å². The molecule has 3 fully saturated rings. The second-order valence-corrected chi connectivity index (χ2v) is 11.4. The van der Waals surface area contributed by atoms with Gasteiger partial charge in [0.25, 0.3) is 0 Å². The lowest BCUT2D eigenvalue weighted by Crippen LogP contribution is -2.56. The summed E-state index contributed by atoms with van der Waals surface area (Å²) >= 11 is 0. The number of piperazine rings is 1. The number of ether oxygens (including phenoxy) is 3. The maximum absolute atomic E-state index is 12.8. The lowest BCUT2D eigenvalue weighted by Gasteiger charge is -2.42. The van der Waals surface area contributed by atoms with Crippen molar-refractivity contribution in [2.75, 3.05) is 57.4 Å². The molecule has 5 heterocycles. The Morgan fingerprint density at radius 3 is 2.86 bits per heavy atom. The average molecular weight is 514 g/mol. The molecule has 2 bridgehead atoms. The zero-order chi connectivity index (χ0) is 26.0. The Hall–Kier alpha value is -2.68. The topological polar surface area (TPSA) is 116 Å². The van der Waals surface area contributed by atoms with E-state index in [1.807, 2.05) is 20.8 Å². The number of nitriles is 1. The summed E-state index contributed by atoms with van der Waals surface area (Å²) in [5.74, 6) is 0.863. The van der Waals surface area contributed by atoms with Gasteiger partial charge in [0, 0.05) is 50.9 Å². The van der Waals surface area contributed by atoms with Crippen LogP contribution in [0.15, 0.2) is 0 Å². The standard InChI is InChI=1S/C26H39N7O4/c1-26(2,3)37-25(34)33-11-10-32(15-18(33)5-7-27)23-21-6-8-28-14-22(21)29-24(30-23)35-12-4-9-31-16-20-13-19(31)17-36-20/h18-20,28H,4-6,8-17H2,1-3H3/t18-,19-,20-/m0/s1. The lowest BCUT2D eigenvalue weighted by molar-refractivity contribution is 0.0144. The molecule has 1 aromatic heterocycles. The Bertz CT molecular complexity index is 1020. The van der Waals surface area contributed by atoms with Crippen molar-refractivity contribution >= 4 is 11.9 Å². The zero-order valence-corrected chi connectivity index (χ0v) is 22.2. The third kappa shape index (κ3) is 6.08. The van der Waals surface area contributed by atoms with Crippen LogP contribution in [0.5, 0.6) is 6.01 Å². The summed E-state index contributed by atoms with van der Waals surface area (Å²) in [6.07, 6.45) is 3.17. The molecule has 3 saturated heterocycles. The Morgan fingerprint density at radius 1 is 1.27 bits per heavy atom. The largest absolute Gasteiger partial charge is 0.463 e. The third-order valence-electron chi connectivity index (χ3n) is 7.47. The van der Waals surface area contributed by atoms with Gasteiger partial charge in [0.1, 0.15) is 11.4 Å². The summed E-state index contributed by atoms with van der Waals surface area (Å²) in [4.78, 5) is 28.8. The van der Waals surface area contributed by atoms with Crippen LogP contribution in [0.3, 0.4) is 0 Å². The summed E-state index contributed by atoms with van der Waals surface area (Å²) in [5.41, 5.74) is 1.51. The van der Waals surface area contributed by atoms with Crippen LogP contribution < -0.4 is 15.0 Å². The fourth-order valence-electron chi connectivity index (χ4n) is 5.72. The molecule has 11 nitrogen and oxygen atoms in total. The minimum atomic E-state index is -0.585. The quantitative estimate of drug-likeness (QED) is 0.540. The van der Waals surface area contributed by atoms with Crippen molar-refractivity contribution in [1.29, 1.82) is 5.26 Å². The number of hydrogen-bond donors (Lipinski definition) is 1. The van der Waals surface area contributed by atoms with Crippen LogP contribution in [0.1, 0.15) is 51.3 Å². The third-order valence-corrected chi connectivity index (χ3v) is 7.47. The number of likely N-dealkylation sites (tertiary alicyclic amines) is 1. The first-order valence-corrected chi connectivity index (χ1v) is 13.5. The van der Waals surface area contributed by atoms with Crippen LogP contribution in [0.4, 0.5) is 10.6 Å². The van der Waals surface area contributed by atoms with E-state index in [9.17, 15) is 10.1 Å². The van der Waals surface area contributed by atoms with Gasteiger partial charge in [-0.15, -0.1) is 0 Å². The normalized spacial score (nSPS) is 25.6. The number of nitrogens with zero attached hydrogens (tertiary/aromatic N) is 6. The van der Waals surface area contributed by atoms with Crippen LogP contribution in [0.2, 0.25) is 0 Å². The molecule has 0 saturated carbocycles. The molecule has 0 spiro atoms. The predicted octanol–water partition coefficient (Wildman–Crippen LogP) is 1.70. The van der Waals surface area contributed by atoms with Gasteiger partial charge in [0.15, 0.2) is 0 Å². The van der Waals surface area contributed by atoms with Gasteiger partial charge in [0.2, 0.25) is 0 Å². The molecular weight excluding hydrogens is 474 g/mol. The summed E-state index contributed by atoms with van der Waals surface area (Å²) in [6.45, 7) is 12.1. The predicted molar refractivity (Wildman–Crippen MR) is 136 cm³/mol. The Kier molecular flexibility index (Phi) is 7.70. The first kappa shape index (κ1) is 25.9. The van der Waals surface area contributed by atoms with Crippen molar-refractivity contribution in [2.45, 2.75) is 76.8 Å². The van der Waals surface area contributed by atoms with E-state index < -0.39 is 5.60 Å². The molecule has 3 atom stereocenters. The number of carbonyl (C=O) groups excluding carboxylic acids is 1. The van der Waals surface area contributed by atoms with E-state index in [2.05, 4.69) is 21.2 Å². The van der Waals surface area contributed by atoms with Gasteiger partial charge in [-0.2, -0.15) is 15.2 Å². The summed E-state index contributed by atoms with van der Waals surface area (Å²) in [7, 11) is 0. The van der Waals surface area contributed by atoms with Crippen LogP contribution in [0.25, 0.3) is 0 Å². The van der Waals surface area contributed by atoms with Gasteiger partial charge in [-0.05, 0) is 46.6 Å². The molecular formula is C26H39N7O4. The molecule has 1 aromatic rings. The molecule has 0 aliphatic carbocycles. The van der Waals surface area contributed by atoms with Crippen molar-refractivity contribution in [3.63, 3.8) is 0 Å². The zero-order valence-electron chi connectivity index (χ0n) is 22.2. The average Bonchev–Trinajstić information content (AvgIpc) is 3.49. The van der Waals surface area contributed by atoms with E-state index in [0.29, 0.717) is 50.9 Å². The number of amides is 1. The summed E-state index contributed by atoms with van der Waals surface area (Å²) in [5, 5.41) is 12.9. The summed E-state index contributed by atoms with van der Waals surface area (Å²) in [6, 6.07) is 2.93. The number of aromatic nitrogens is 2. The molecule has 0 aromatic carbocycles. The number of carbonyl (C=O) groups is 1. The van der Waals surface area contributed by atoms with Gasteiger partial charge >= 0.3 is 12.1 Å². The van der Waals surface area contributed by atoms with Gasteiger partial charge in [-0.25, -0.2) is 4.79 Å². The molecule has 1 N–H and O–H groups in total. The van der Waals surface area contributed by atoms with Crippen molar-refractivity contribution in [1.82, 2.24) is 25.1 Å². The highest BCUT2D eigenvalue weighted by atomic mass is 16.6. The minimum Gasteiger partial charge on any atom is -0.463 e. The monoisotopic (exact) mass is 513 g/mol. The fraction of sp³-hybridized carbons (Fsp3) is 0.769. The highest BCUT2D eigenvalue weighted by Crippen LogP contribution is 2.30. The summed E-state index contributed by atoms with van der Waals surface area (Å²) < 4.78 is 17.4. The maximum Gasteiger partial charge on any atom is 0.410 e. The fourth-order valence-corrected chi connectivity index (χ4v) is 5.72. The van der Waals surface area contributed by atoms with E-state index in [1.165, 1.54) is 0 Å². The number of anilines is 1. The van der Waals surface area contributed by atoms with Crippen LogP contribution in [0, 0.1) is 11.3 Å². The number of hydrogen-bond acceptors (Lipinski definition) is 10. The van der Waals surface area contributed by atoms with Crippen LogP contribution in [-0.4, -0.2) is 102 Å². The highest BCUT2D eigenvalue weighted by Gasteiger charge is 2.38. The lowest BCUT2D eigenvalue weighted by atomic mass is 10.0. The van der Waals surface area contributed by atoms with E-state index in [0.717, 1.165) is 62.6 Å². The maximum atomic E-state index is 12.8. The Morgan fingerprint density at radius 2 is 2.14 bits per heavy atom. The first-order chi connectivity index (χ1) is 17.8.